The Morgan fingerprint density at radius 3 is 2.50 bits per heavy atom. The van der Waals surface area contributed by atoms with Crippen LogP contribution in [0.4, 0.5) is 11.6 Å². The number of Topliss-reactive ketones (excluding diaryl/α,β-unsaturated/α-hetero) is 1. The lowest BCUT2D eigenvalue weighted by atomic mass is 9.73. The number of allylic oxidation sites excluding steroid dienone is 2. The van der Waals surface area contributed by atoms with Crippen molar-refractivity contribution in [3.05, 3.63) is 70.9 Å². The summed E-state index contributed by atoms with van der Waals surface area (Å²) in [5, 5.41) is 8.41. The van der Waals surface area contributed by atoms with E-state index in [1.54, 1.807) is 0 Å². The Balaban J connectivity index is 1.59. The maximum atomic E-state index is 13.4. The second-order valence-corrected chi connectivity index (χ2v) is 10.2. The Hall–Kier alpha value is -3.41. The highest BCUT2D eigenvalue weighted by atomic mass is 16.1. The number of anilines is 2. The largest absolute Gasteiger partial charge is 0.372 e. The predicted octanol–water partition coefficient (Wildman–Crippen LogP) is 5.76. The monoisotopic (exact) mass is 455 g/mol. The highest BCUT2D eigenvalue weighted by molar-refractivity contribution is 6.00. The Morgan fingerprint density at radius 2 is 1.82 bits per heavy atom. The Morgan fingerprint density at radius 1 is 1.09 bits per heavy atom. The molecular formula is C28H33N5O. The maximum absolute atomic E-state index is 13.4. The van der Waals surface area contributed by atoms with E-state index in [0.29, 0.717) is 18.2 Å². The van der Waals surface area contributed by atoms with Crippen molar-refractivity contribution < 1.29 is 4.79 Å². The fourth-order valence-electron chi connectivity index (χ4n) is 5.29. The molecule has 2 aliphatic rings. The fraction of sp³-hybridized carbons (Fsp3) is 0.393. The smallest absolute Gasteiger partial charge is 0.226 e. The SMILES string of the molecule is CCN(CC)c1ccc(-c2nc3n(n2)C(c2cccc(C)c2)C2=C(CC(C)(C)CC2=O)N3)cc1. The molecule has 1 unspecified atom stereocenters. The summed E-state index contributed by atoms with van der Waals surface area (Å²) in [6.45, 7) is 12.7. The van der Waals surface area contributed by atoms with Gasteiger partial charge in [0, 0.05) is 42.0 Å². The summed E-state index contributed by atoms with van der Waals surface area (Å²) in [5.74, 6) is 1.55. The lowest BCUT2D eigenvalue weighted by Gasteiger charge is -2.38. The van der Waals surface area contributed by atoms with Gasteiger partial charge in [-0.05, 0) is 62.4 Å². The van der Waals surface area contributed by atoms with Gasteiger partial charge in [0.15, 0.2) is 11.6 Å². The molecule has 0 saturated heterocycles. The molecule has 0 radical (unpaired) electrons. The van der Waals surface area contributed by atoms with E-state index in [2.05, 4.69) is 87.3 Å². The average molecular weight is 456 g/mol. The first-order valence-corrected chi connectivity index (χ1v) is 12.2. The van der Waals surface area contributed by atoms with E-state index in [-0.39, 0.29) is 17.2 Å². The van der Waals surface area contributed by atoms with Crippen LogP contribution in [0.15, 0.2) is 59.8 Å². The van der Waals surface area contributed by atoms with Crippen molar-refractivity contribution in [3.8, 4) is 11.4 Å². The van der Waals surface area contributed by atoms with Crippen molar-refractivity contribution in [1.29, 1.82) is 0 Å². The standard InChI is InChI=1S/C28H33N5O/c1-6-32(7-2)21-13-11-19(12-14-21)26-30-27-29-22-16-28(4,5)17-23(34)24(22)25(33(27)31-26)20-10-8-9-18(3)15-20/h8-15,25H,6-7,16-17H2,1-5H3,(H,29,30,31). The molecular weight excluding hydrogens is 422 g/mol. The second-order valence-electron chi connectivity index (χ2n) is 10.2. The lowest BCUT2D eigenvalue weighted by Crippen LogP contribution is -2.36. The van der Waals surface area contributed by atoms with E-state index in [1.807, 2.05) is 10.7 Å². The minimum Gasteiger partial charge on any atom is -0.372 e. The molecule has 0 amide bonds. The van der Waals surface area contributed by atoms with Gasteiger partial charge in [0.05, 0.1) is 0 Å². The van der Waals surface area contributed by atoms with Crippen LogP contribution in [-0.4, -0.2) is 33.6 Å². The maximum Gasteiger partial charge on any atom is 0.226 e. The summed E-state index contributed by atoms with van der Waals surface area (Å²) >= 11 is 0. The molecule has 1 aliphatic heterocycles. The number of hydrogen-bond acceptors (Lipinski definition) is 5. The molecule has 0 saturated carbocycles. The van der Waals surface area contributed by atoms with Gasteiger partial charge in [-0.15, -0.1) is 5.10 Å². The van der Waals surface area contributed by atoms with Crippen LogP contribution >= 0.6 is 0 Å². The van der Waals surface area contributed by atoms with Crippen LogP contribution in [0.2, 0.25) is 0 Å². The number of rotatable bonds is 5. The van der Waals surface area contributed by atoms with Crippen LogP contribution in [0, 0.1) is 12.3 Å². The lowest BCUT2D eigenvalue weighted by molar-refractivity contribution is -0.118. The molecule has 0 spiro atoms. The van der Waals surface area contributed by atoms with Gasteiger partial charge in [-0.25, -0.2) is 4.68 Å². The molecule has 6 nitrogen and oxygen atoms in total. The topological polar surface area (TPSA) is 63.1 Å². The van der Waals surface area contributed by atoms with Crippen molar-refractivity contribution >= 4 is 17.4 Å². The van der Waals surface area contributed by atoms with Gasteiger partial charge < -0.3 is 10.2 Å². The average Bonchev–Trinajstić information content (AvgIpc) is 3.22. The fourth-order valence-corrected chi connectivity index (χ4v) is 5.29. The normalized spacial score (nSPS) is 18.9. The van der Waals surface area contributed by atoms with Crippen molar-refractivity contribution in [2.75, 3.05) is 23.3 Å². The molecule has 0 fully saturated rings. The van der Waals surface area contributed by atoms with Crippen molar-refractivity contribution in [3.63, 3.8) is 0 Å². The number of nitrogens with zero attached hydrogens (tertiary/aromatic N) is 4. The quantitative estimate of drug-likeness (QED) is 0.530. The first-order chi connectivity index (χ1) is 16.3. The molecule has 2 heterocycles. The number of carbonyl (C=O) groups excluding carboxylic acids is 1. The predicted molar refractivity (Wildman–Crippen MR) is 137 cm³/mol. The van der Waals surface area contributed by atoms with E-state index >= 15 is 0 Å². The molecule has 34 heavy (non-hydrogen) atoms. The molecule has 5 rings (SSSR count). The summed E-state index contributed by atoms with van der Waals surface area (Å²) in [6, 6.07) is 16.5. The Bertz CT molecular complexity index is 1260. The minimum atomic E-state index is -0.272. The first-order valence-electron chi connectivity index (χ1n) is 12.2. The Kier molecular flexibility index (Phi) is 5.54. The van der Waals surface area contributed by atoms with Gasteiger partial charge in [0.2, 0.25) is 5.95 Å². The van der Waals surface area contributed by atoms with Crippen LogP contribution in [0.5, 0.6) is 0 Å². The number of benzene rings is 2. The number of fused-ring (bicyclic) bond motifs is 1. The minimum absolute atomic E-state index is 0.0780. The summed E-state index contributed by atoms with van der Waals surface area (Å²) in [7, 11) is 0. The second kappa shape index (κ2) is 8.42. The van der Waals surface area contributed by atoms with E-state index in [4.69, 9.17) is 10.1 Å². The van der Waals surface area contributed by atoms with E-state index in [1.165, 1.54) is 5.69 Å². The van der Waals surface area contributed by atoms with E-state index < -0.39 is 0 Å². The Labute approximate surface area is 201 Å². The molecule has 0 bridgehead atoms. The van der Waals surface area contributed by atoms with E-state index in [0.717, 1.165) is 47.5 Å². The van der Waals surface area contributed by atoms with Crippen LogP contribution in [0.1, 0.15) is 57.7 Å². The first kappa shape index (κ1) is 22.4. The summed E-state index contributed by atoms with van der Waals surface area (Å²) in [4.78, 5) is 20.6. The highest BCUT2D eigenvalue weighted by Crippen LogP contribution is 2.45. The summed E-state index contributed by atoms with van der Waals surface area (Å²) in [5.41, 5.74) is 6.12. The van der Waals surface area contributed by atoms with Gasteiger partial charge in [0.25, 0.3) is 0 Å². The molecule has 1 atom stereocenters. The van der Waals surface area contributed by atoms with Crippen molar-refractivity contribution in [2.45, 2.75) is 53.5 Å². The van der Waals surface area contributed by atoms with E-state index in [9.17, 15) is 4.79 Å². The van der Waals surface area contributed by atoms with Crippen molar-refractivity contribution in [1.82, 2.24) is 14.8 Å². The molecule has 176 valence electrons. The molecule has 1 aliphatic carbocycles. The van der Waals surface area contributed by atoms with Crippen molar-refractivity contribution in [2.24, 2.45) is 5.41 Å². The third kappa shape index (κ3) is 3.91. The van der Waals surface area contributed by atoms with Gasteiger partial charge in [-0.3, -0.25) is 4.79 Å². The third-order valence-corrected chi connectivity index (χ3v) is 6.94. The summed E-state index contributed by atoms with van der Waals surface area (Å²) in [6.07, 6.45) is 1.36. The zero-order valence-corrected chi connectivity index (χ0v) is 20.7. The van der Waals surface area contributed by atoms with Crippen LogP contribution < -0.4 is 10.2 Å². The number of ketones is 1. The number of hydrogen-bond donors (Lipinski definition) is 1. The molecule has 1 N–H and O–H groups in total. The van der Waals surface area contributed by atoms with Gasteiger partial charge in [-0.2, -0.15) is 4.98 Å². The zero-order valence-electron chi connectivity index (χ0n) is 20.7. The number of aryl methyl sites for hydroxylation is 1. The molecule has 3 aromatic rings. The number of nitrogens with one attached hydrogen (secondary N) is 1. The highest BCUT2D eigenvalue weighted by Gasteiger charge is 2.41. The summed E-state index contributed by atoms with van der Waals surface area (Å²) < 4.78 is 1.90. The number of carbonyl (C=O) groups is 1. The van der Waals surface area contributed by atoms with Gasteiger partial charge >= 0.3 is 0 Å². The van der Waals surface area contributed by atoms with Gasteiger partial charge in [0.1, 0.15) is 6.04 Å². The van der Waals surface area contributed by atoms with Gasteiger partial charge in [-0.1, -0.05) is 43.7 Å². The van der Waals surface area contributed by atoms with Crippen LogP contribution in [-0.2, 0) is 4.79 Å². The zero-order chi connectivity index (χ0) is 24.0. The van der Waals surface area contributed by atoms with Crippen LogP contribution in [0.25, 0.3) is 11.4 Å². The van der Waals surface area contributed by atoms with Crippen LogP contribution in [0.3, 0.4) is 0 Å². The third-order valence-electron chi connectivity index (χ3n) is 6.94. The number of aromatic nitrogens is 3. The molecule has 6 heteroatoms. The molecule has 2 aromatic carbocycles. The molecule has 1 aromatic heterocycles.